The van der Waals surface area contributed by atoms with Crippen molar-refractivity contribution in [2.24, 2.45) is 10.7 Å². The van der Waals surface area contributed by atoms with Gasteiger partial charge in [0, 0.05) is 43.2 Å². The van der Waals surface area contributed by atoms with Gasteiger partial charge in [-0.05, 0) is 30.5 Å². The minimum Gasteiger partial charge on any atom is -0.497 e. The van der Waals surface area contributed by atoms with Gasteiger partial charge < -0.3 is 20.1 Å². The normalized spacial score (nSPS) is 20.7. The summed E-state index contributed by atoms with van der Waals surface area (Å²) in [5.74, 6) is 3.84. The molecule has 0 bridgehead atoms. The number of guanidine groups is 1. The molecule has 2 aliphatic heterocycles. The topological polar surface area (TPSA) is 60.1 Å². The van der Waals surface area contributed by atoms with E-state index in [1.165, 1.54) is 5.56 Å². The second-order valence-corrected chi connectivity index (χ2v) is 7.62. The minimum absolute atomic E-state index is 0. The van der Waals surface area contributed by atoms with Crippen LogP contribution in [0.3, 0.4) is 0 Å². The number of rotatable bonds is 4. The van der Waals surface area contributed by atoms with Crippen LogP contribution in [0.2, 0.25) is 0 Å². The summed E-state index contributed by atoms with van der Waals surface area (Å²) in [4.78, 5) is 6.99. The Morgan fingerprint density at radius 1 is 1.24 bits per heavy atom. The summed E-state index contributed by atoms with van der Waals surface area (Å²) in [5, 5.41) is 0. The number of hydrogen-bond acceptors (Lipinski definition) is 4. The third-order valence-electron chi connectivity index (χ3n) is 5.03. The fourth-order valence-corrected chi connectivity index (χ4v) is 4.27. The van der Waals surface area contributed by atoms with Gasteiger partial charge in [-0.15, -0.1) is 24.0 Å². The maximum Gasteiger partial charge on any atom is 0.191 e. The van der Waals surface area contributed by atoms with E-state index in [9.17, 15) is 0 Å². The smallest absolute Gasteiger partial charge is 0.191 e. The highest BCUT2D eigenvalue weighted by Gasteiger charge is 2.34. The molecule has 2 N–H and O–H groups in total. The number of nitrogens with zero attached hydrogens (tertiary/aromatic N) is 2. The van der Waals surface area contributed by atoms with E-state index in [2.05, 4.69) is 17.0 Å². The van der Waals surface area contributed by atoms with Crippen molar-refractivity contribution in [2.75, 3.05) is 51.5 Å². The van der Waals surface area contributed by atoms with E-state index in [1.807, 2.05) is 23.9 Å². The Labute approximate surface area is 171 Å². The Bertz CT molecular complexity index is 556. The quantitative estimate of drug-likeness (QED) is 0.411. The lowest BCUT2D eigenvalue weighted by molar-refractivity contribution is 0.0530. The maximum atomic E-state index is 6.26. The molecule has 0 radical (unpaired) electrons. The summed E-state index contributed by atoms with van der Waals surface area (Å²) in [6.07, 6.45) is 1.96. The second-order valence-electron chi connectivity index (χ2n) is 6.40. The van der Waals surface area contributed by atoms with Gasteiger partial charge >= 0.3 is 0 Å². The van der Waals surface area contributed by atoms with Gasteiger partial charge in [0.25, 0.3) is 0 Å². The van der Waals surface area contributed by atoms with Crippen molar-refractivity contribution >= 4 is 41.7 Å². The van der Waals surface area contributed by atoms with E-state index in [0.29, 0.717) is 5.96 Å². The number of nitrogens with two attached hydrogens (primary N) is 1. The minimum atomic E-state index is 0. The van der Waals surface area contributed by atoms with E-state index in [1.54, 1.807) is 7.11 Å². The lowest BCUT2D eigenvalue weighted by atomic mass is 9.74. The zero-order chi connectivity index (χ0) is 16.8. The van der Waals surface area contributed by atoms with Crippen LogP contribution in [0.5, 0.6) is 5.75 Å². The van der Waals surface area contributed by atoms with Gasteiger partial charge in [0.05, 0.1) is 13.7 Å². The number of benzene rings is 1. The van der Waals surface area contributed by atoms with Crippen LogP contribution in [0.4, 0.5) is 0 Å². The third-order valence-corrected chi connectivity index (χ3v) is 5.97. The Balaban J connectivity index is 0.00000225. The lowest BCUT2D eigenvalue weighted by Crippen LogP contribution is -2.44. The highest BCUT2D eigenvalue weighted by atomic mass is 127. The van der Waals surface area contributed by atoms with Crippen molar-refractivity contribution in [2.45, 2.75) is 18.3 Å². The molecule has 0 spiro atoms. The number of ether oxygens (including phenoxy) is 2. The Kier molecular flexibility index (Phi) is 8.15. The van der Waals surface area contributed by atoms with Crippen LogP contribution in [0.15, 0.2) is 29.3 Å². The van der Waals surface area contributed by atoms with Crippen molar-refractivity contribution < 1.29 is 9.47 Å². The van der Waals surface area contributed by atoms with Gasteiger partial charge in [-0.2, -0.15) is 11.8 Å². The van der Waals surface area contributed by atoms with Crippen LogP contribution < -0.4 is 10.5 Å². The van der Waals surface area contributed by atoms with Crippen molar-refractivity contribution in [3.63, 3.8) is 0 Å². The van der Waals surface area contributed by atoms with Crippen molar-refractivity contribution in [3.8, 4) is 5.75 Å². The Morgan fingerprint density at radius 2 is 1.88 bits per heavy atom. The van der Waals surface area contributed by atoms with Gasteiger partial charge in [0.1, 0.15) is 5.75 Å². The molecule has 0 unspecified atom stereocenters. The van der Waals surface area contributed by atoms with Crippen LogP contribution >= 0.6 is 35.7 Å². The van der Waals surface area contributed by atoms with Crippen molar-refractivity contribution in [3.05, 3.63) is 29.8 Å². The molecule has 25 heavy (non-hydrogen) atoms. The van der Waals surface area contributed by atoms with Crippen molar-refractivity contribution in [1.82, 2.24) is 4.90 Å². The van der Waals surface area contributed by atoms with Crippen LogP contribution in [0, 0.1) is 0 Å². The van der Waals surface area contributed by atoms with Gasteiger partial charge in [-0.25, -0.2) is 0 Å². The molecule has 1 aromatic carbocycles. The molecular formula is C18H28IN3O2S. The first kappa shape index (κ1) is 20.6. The molecular weight excluding hydrogens is 449 g/mol. The van der Waals surface area contributed by atoms with E-state index in [0.717, 1.165) is 62.9 Å². The van der Waals surface area contributed by atoms with E-state index in [4.69, 9.17) is 20.2 Å². The van der Waals surface area contributed by atoms with Crippen LogP contribution in [0.1, 0.15) is 18.4 Å². The number of methoxy groups -OCH3 is 1. The Morgan fingerprint density at radius 3 is 2.48 bits per heavy atom. The van der Waals surface area contributed by atoms with Crippen LogP contribution in [-0.4, -0.2) is 62.3 Å². The van der Waals surface area contributed by atoms with Crippen molar-refractivity contribution in [1.29, 1.82) is 0 Å². The molecule has 7 heteroatoms. The fraction of sp³-hybridized carbons (Fsp3) is 0.611. The average Bonchev–Trinajstić information content (AvgIpc) is 2.67. The highest BCUT2D eigenvalue weighted by molar-refractivity contribution is 14.0. The van der Waals surface area contributed by atoms with Crippen LogP contribution in [0.25, 0.3) is 0 Å². The molecule has 2 fully saturated rings. The molecule has 3 rings (SSSR count). The first-order valence-electron chi connectivity index (χ1n) is 8.58. The van der Waals surface area contributed by atoms with Gasteiger partial charge in [-0.3, -0.25) is 4.99 Å². The predicted molar refractivity (Wildman–Crippen MR) is 116 cm³/mol. The third kappa shape index (κ3) is 5.17. The molecule has 1 aromatic rings. The first-order chi connectivity index (χ1) is 11.7. The lowest BCUT2D eigenvalue weighted by Gasteiger charge is -2.37. The SMILES string of the molecule is COc1ccc(C2(CN=C(N)N3CCSCC3)CCOCC2)cc1.I. The number of hydrogen-bond donors (Lipinski definition) is 1. The summed E-state index contributed by atoms with van der Waals surface area (Å²) in [5.41, 5.74) is 7.58. The van der Waals surface area contributed by atoms with Gasteiger partial charge in [0.15, 0.2) is 5.96 Å². The van der Waals surface area contributed by atoms with Gasteiger partial charge in [-0.1, -0.05) is 12.1 Å². The molecule has 0 saturated carbocycles. The zero-order valence-corrected chi connectivity index (χ0v) is 17.9. The fourth-order valence-electron chi connectivity index (χ4n) is 3.37. The molecule has 140 valence electrons. The molecule has 0 aromatic heterocycles. The molecule has 0 aliphatic carbocycles. The second kappa shape index (κ2) is 9.87. The zero-order valence-electron chi connectivity index (χ0n) is 14.8. The molecule has 2 aliphatic rings. The maximum absolute atomic E-state index is 6.26. The number of halogens is 1. The highest BCUT2D eigenvalue weighted by Crippen LogP contribution is 2.36. The number of thioether (sulfide) groups is 1. The van der Waals surface area contributed by atoms with Gasteiger partial charge in [0.2, 0.25) is 0 Å². The van der Waals surface area contributed by atoms with Crippen LogP contribution in [-0.2, 0) is 10.2 Å². The molecule has 0 atom stereocenters. The predicted octanol–water partition coefficient (Wildman–Crippen LogP) is 2.72. The molecule has 0 amide bonds. The summed E-state index contributed by atoms with van der Waals surface area (Å²) in [7, 11) is 1.70. The number of aliphatic imine (C=N–C) groups is 1. The van der Waals surface area contributed by atoms with E-state index < -0.39 is 0 Å². The molecule has 2 heterocycles. The van der Waals surface area contributed by atoms with E-state index >= 15 is 0 Å². The largest absolute Gasteiger partial charge is 0.497 e. The summed E-state index contributed by atoms with van der Waals surface area (Å²) in [6, 6.07) is 8.38. The van der Waals surface area contributed by atoms with E-state index in [-0.39, 0.29) is 29.4 Å². The monoisotopic (exact) mass is 477 g/mol. The molecule has 2 saturated heterocycles. The standard InChI is InChI=1S/C18H27N3O2S.HI/c1-22-16-4-2-15(3-5-16)18(6-10-23-11-7-18)14-20-17(19)21-8-12-24-13-9-21;/h2-5H,6-14H2,1H3,(H2,19,20);1H. The Hall–Kier alpha value is -0.670. The molecule has 5 nitrogen and oxygen atoms in total. The first-order valence-corrected chi connectivity index (χ1v) is 9.74. The average molecular weight is 477 g/mol. The summed E-state index contributed by atoms with van der Waals surface area (Å²) >= 11 is 1.98. The summed E-state index contributed by atoms with van der Waals surface area (Å²) < 4.78 is 10.9. The summed E-state index contributed by atoms with van der Waals surface area (Å²) in [6.45, 7) is 4.28.